The van der Waals surface area contributed by atoms with Gasteiger partial charge < -0.3 is 0 Å². The van der Waals surface area contributed by atoms with Gasteiger partial charge in [0.1, 0.15) is 0 Å². The zero-order valence-corrected chi connectivity index (χ0v) is 10.3. The first-order valence-electron chi connectivity index (χ1n) is 6.29. The summed E-state index contributed by atoms with van der Waals surface area (Å²) in [5, 5.41) is 0. The Balaban J connectivity index is 3.05. The van der Waals surface area contributed by atoms with E-state index < -0.39 is 0 Å². The number of allylic oxidation sites excluding steroid dienone is 5. The van der Waals surface area contributed by atoms with Crippen LogP contribution >= 0.6 is 0 Å². The maximum Gasteiger partial charge on any atom is -0.0348 e. The highest BCUT2D eigenvalue weighted by Gasteiger charge is 1.85. The molecule has 0 aromatic rings. The number of hydrogen-bond acceptors (Lipinski definition) is 0. The summed E-state index contributed by atoms with van der Waals surface area (Å²) in [6.07, 6.45) is 21.2. The summed E-state index contributed by atoms with van der Waals surface area (Å²) < 4.78 is 0. The quantitative estimate of drug-likeness (QED) is 0.330. The van der Waals surface area contributed by atoms with Crippen LogP contribution in [-0.2, 0) is 0 Å². The van der Waals surface area contributed by atoms with E-state index in [0.29, 0.717) is 0 Å². The van der Waals surface area contributed by atoms with Gasteiger partial charge in [0.05, 0.1) is 0 Å². The van der Waals surface area contributed by atoms with Gasteiger partial charge in [0.15, 0.2) is 0 Å². The smallest absolute Gasteiger partial charge is 0.0348 e. The normalized spacial score (nSPS) is 11.5. The molecule has 0 nitrogen and oxygen atoms in total. The van der Waals surface area contributed by atoms with E-state index in [1.54, 1.807) is 0 Å². The fourth-order valence-corrected chi connectivity index (χ4v) is 1.48. The Morgan fingerprint density at radius 1 is 0.733 bits per heavy atom. The van der Waals surface area contributed by atoms with Gasteiger partial charge in [-0.2, -0.15) is 0 Å². The van der Waals surface area contributed by atoms with Crippen molar-refractivity contribution in [2.24, 2.45) is 0 Å². The van der Waals surface area contributed by atoms with Crippen LogP contribution in [0.4, 0.5) is 0 Å². The summed E-state index contributed by atoms with van der Waals surface area (Å²) in [7, 11) is 0. The highest BCUT2D eigenvalue weighted by Crippen LogP contribution is 2.05. The molecule has 0 atom stereocenters. The van der Waals surface area contributed by atoms with Crippen LogP contribution in [0, 0.1) is 0 Å². The molecular weight excluding hydrogens is 180 g/mol. The van der Waals surface area contributed by atoms with Gasteiger partial charge >= 0.3 is 0 Å². The largest absolute Gasteiger partial charge is 0.103 e. The maximum absolute atomic E-state index is 3.71. The molecule has 0 fully saturated rings. The summed E-state index contributed by atoms with van der Waals surface area (Å²) in [5.74, 6) is 0. The van der Waals surface area contributed by atoms with Gasteiger partial charge in [-0.15, -0.1) is 6.58 Å². The second-order valence-electron chi connectivity index (χ2n) is 3.90. The first kappa shape index (κ1) is 14.2. The Morgan fingerprint density at radius 2 is 1.33 bits per heavy atom. The third kappa shape index (κ3) is 13.2. The van der Waals surface area contributed by atoms with Gasteiger partial charge in [-0.3, -0.25) is 0 Å². The minimum Gasteiger partial charge on any atom is -0.103 e. The fourth-order valence-electron chi connectivity index (χ4n) is 1.48. The minimum atomic E-state index is 1.15. The molecule has 86 valence electrons. The zero-order chi connectivity index (χ0) is 11.2. The molecule has 0 rings (SSSR count). The minimum absolute atomic E-state index is 1.15. The van der Waals surface area contributed by atoms with Gasteiger partial charge in [0.25, 0.3) is 0 Å². The lowest BCUT2D eigenvalue weighted by atomic mass is 10.1. The molecule has 0 radical (unpaired) electrons. The monoisotopic (exact) mass is 206 g/mol. The number of rotatable bonds is 10. The molecule has 0 saturated heterocycles. The molecule has 0 heteroatoms. The standard InChI is InChI=1S/C15H26/c1-3-5-7-9-11-13-15-14-12-10-8-6-4-2/h3-4,6,11,13H,1,5,7-10,12,14-15H2,2H3. The first-order chi connectivity index (χ1) is 7.41. The van der Waals surface area contributed by atoms with Crippen LogP contribution in [0.1, 0.15) is 58.3 Å². The second kappa shape index (κ2) is 13.2. The van der Waals surface area contributed by atoms with E-state index in [1.165, 1.54) is 44.9 Å². The van der Waals surface area contributed by atoms with Crippen molar-refractivity contribution in [2.75, 3.05) is 0 Å². The molecule has 0 aliphatic carbocycles. The van der Waals surface area contributed by atoms with E-state index in [0.717, 1.165) is 6.42 Å². The average Bonchev–Trinajstić information content (AvgIpc) is 2.26. The molecule has 0 aromatic carbocycles. The van der Waals surface area contributed by atoms with Crippen molar-refractivity contribution in [3.63, 3.8) is 0 Å². The van der Waals surface area contributed by atoms with Crippen LogP contribution < -0.4 is 0 Å². The highest BCUT2D eigenvalue weighted by molar-refractivity contribution is 4.82. The Hall–Kier alpha value is -0.780. The molecule has 0 aliphatic rings. The molecule has 0 aliphatic heterocycles. The molecule has 0 amide bonds. The Morgan fingerprint density at radius 3 is 1.93 bits per heavy atom. The molecule has 0 saturated carbocycles. The molecule has 0 aromatic heterocycles. The molecule has 0 spiro atoms. The number of hydrogen-bond donors (Lipinski definition) is 0. The summed E-state index contributed by atoms with van der Waals surface area (Å²) in [4.78, 5) is 0. The van der Waals surface area contributed by atoms with Gasteiger partial charge in [0.2, 0.25) is 0 Å². The van der Waals surface area contributed by atoms with Gasteiger partial charge in [-0.25, -0.2) is 0 Å². The molecule has 0 N–H and O–H groups in total. The first-order valence-corrected chi connectivity index (χ1v) is 6.29. The van der Waals surface area contributed by atoms with E-state index >= 15 is 0 Å². The molecule has 15 heavy (non-hydrogen) atoms. The van der Waals surface area contributed by atoms with E-state index in [2.05, 4.69) is 37.8 Å². The van der Waals surface area contributed by atoms with Gasteiger partial charge in [-0.1, -0.05) is 36.8 Å². The molecule has 0 unspecified atom stereocenters. The molecular formula is C15H26. The number of unbranched alkanes of at least 4 members (excludes halogenated alkanes) is 6. The average molecular weight is 206 g/mol. The SMILES string of the molecule is C=CCCCC=CCCCCCC=CC. The van der Waals surface area contributed by atoms with Gasteiger partial charge in [0, 0.05) is 0 Å². The summed E-state index contributed by atoms with van der Waals surface area (Å²) in [6, 6.07) is 0. The predicted molar refractivity (Wildman–Crippen MR) is 71.1 cm³/mol. The van der Waals surface area contributed by atoms with E-state index in [4.69, 9.17) is 0 Å². The maximum atomic E-state index is 3.71. The van der Waals surface area contributed by atoms with Crippen molar-refractivity contribution in [3.05, 3.63) is 37.0 Å². The van der Waals surface area contributed by atoms with Crippen LogP contribution in [-0.4, -0.2) is 0 Å². The lowest BCUT2D eigenvalue weighted by Crippen LogP contribution is -1.75. The Labute approximate surface area is 95.8 Å². The molecule has 0 heterocycles. The Kier molecular flexibility index (Phi) is 12.5. The lowest BCUT2D eigenvalue weighted by Gasteiger charge is -1.95. The van der Waals surface area contributed by atoms with Crippen molar-refractivity contribution in [2.45, 2.75) is 58.3 Å². The summed E-state index contributed by atoms with van der Waals surface area (Å²) >= 11 is 0. The van der Waals surface area contributed by atoms with E-state index in [1.807, 2.05) is 6.08 Å². The summed E-state index contributed by atoms with van der Waals surface area (Å²) in [5.41, 5.74) is 0. The third-order valence-corrected chi connectivity index (χ3v) is 2.42. The van der Waals surface area contributed by atoms with E-state index in [-0.39, 0.29) is 0 Å². The highest BCUT2D eigenvalue weighted by atomic mass is 13.9. The van der Waals surface area contributed by atoms with Crippen molar-refractivity contribution in [3.8, 4) is 0 Å². The fraction of sp³-hybridized carbons (Fsp3) is 0.600. The van der Waals surface area contributed by atoms with E-state index in [9.17, 15) is 0 Å². The van der Waals surface area contributed by atoms with Crippen LogP contribution in [0.3, 0.4) is 0 Å². The topological polar surface area (TPSA) is 0 Å². The van der Waals surface area contributed by atoms with Crippen molar-refractivity contribution in [1.82, 2.24) is 0 Å². The predicted octanol–water partition coefficient (Wildman–Crippen LogP) is 5.43. The van der Waals surface area contributed by atoms with Crippen LogP contribution in [0.2, 0.25) is 0 Å². The Bertz CT molecular complexity index is 174. The van der Waals surface area contributed by atoms with Crippen molar-refractivity contribution < 1.29 is 0 Å². The zero-order valence-electron chi connectivity index (χ0n) is 10.3. The lowest BCUT2D eigenvalue weighted by molar-refractivity contribution is 0.694. The van der Waals surface area contributed by atoms with Crippen LogP contribution in [0.15, 0.2) is 37.0 Å². The van der Waals surface area contributed by atoms with Crippen molar-refractivity contribution in [1.29, 1.82) is 0 Å². The van der Waals surface area contributed by atoms with Crippen LogP contribution in [0.25, 0.3) is 0 Å². The second-order valence-corrected chi connectivity index (χ2v) is 3.90. The van der Waals surface area contributed by atoms with Gasteiger partial charge in [-0.05, 0) is 51.9 Å². The van der Waals surface area contributed by atoms with Crippen LogP contribution in [0.5, 0.6) is 0 Å². The molecule has 0 bridgehead atoms. The third-order valence-electron chi connectivity index (χ3n) is 2.42. The summed E-state index contributed by atoms with van der Waals surface area (Å²) in [6.45, 7) is 5.80. The van der Waals surface area contributed by atoms with Crippen molar-refractivity contribution >= 4 is 0 Å².